The zero-order chi connectivity index (χ0) is 15.1. The van der Waals surface area contributed by atoms with Gasteiger partial charge in [-0.3, -0.25) is 14.5 Å². The van der Waals surface area contributed by atoms with Gasteiger partial charge < -0.3 is 16.0 Å². The highest BCUT2D eigenvalue weighted by atomic mass is 16.2. The average molecular weight is 284 g/mol. The highest BCUT2D eigenvalue weighted by Gasteiger charge is 2.28. The Kier molecular flexibility index (Phi) is 6.95. The first-order valence-electron chi connectivity index (χ1n) is 7.47. The van der Waals surface area contributed by atoms with Crippen LogP contribution in [0.3, 0.4) is 0 Å². The molecule has 0 spiro atoms. The van der Waals surface area contributed by atoms with Crippen LogP contribution in [0.15, 0.2) is 0 Å². The molecule has 2 amide bonds. The highest BCUT2D eigenvalue weighted by molar-refractivity contribution is 5.80. The molecule has 116 valence electrons. The van der Waals surface area contributed by atoms with E-state index in [-0.39, 0.29) is 23.7 Å². The summed E-state index contributed by atoms with van der Waals surface area (Å²) in [6.07, 6.45) is 0. The molecule has 1 heterocycles. The maximum Gasteiger partial charge on any atom is 0.234 e. The number of carbonyl (C=O) groups excluding carboxylic acids is 2. The van der Waals surface area contributed by atoms with Crippen molar-refractivity contribution >= 4 is 11.8 Å². The van der Waals surface area contributed by atoms with Crippen LogP contribution in [-0.4, -0.2) is 67.4 Å². The molecule has 1 atom stereocenters. The lowest BCUT2D eigenvalue weighted by Gasteiger charge is -2.36. The van der Waals surface area contributed by atoms with Crippen molar-refractivity contribution in [1.82, 2.24) is 15.1 Å². The van der Waals surface area contributed by atoms with Gasteiger partial charge in [-0.15, -0.1) is 0 Å². The number of carbonyl (C=O) groups is 2. The zero-order valence-corrected chi connectivity index (χ0v) is 12.9. The van der Waals surface area contributed by atoms with E-state index < -0.39 is 0 Å². The number of rotatable bonds is 6. The van der Waals surface area contributed by atoms with E-state index in [2.05, 4.69) is 10.2 Å². The molecule has 3 N–H and O–H groups in total. The van der Waals surface area contributed by atoms with Gasteiger partial charge in [0.15, 0.2) is 0 Å². The lowest BCUT2D eigenvalue weighted by molar-refractivity contribution is -0.138. The Bertz CT molecular complexity index is 325. The second-order valence-electron chi connectivity index (χ2n) is 5.64. The highest BCUT2D eigenvalue weighted by Crippen LogP contribution is 2.14. The van der Waals surface area contributed by atoms with Crippen molar-refractivity contribution in [2.24, 2.45) is 17.6 Å². The van der Waals surface area contributed by atoms with Gasteiger partial charge in [-0.05, 0) is 12.8 Å². The van der Waals surface area contributed by atoms with Crippen molar-refractivity contribution in [2.75, 3.05) is 45.8 Å². The van der Waals surface area contributed by atoms with Crippen molar-refractivity contribution in [3.8, 4) is 0 Å². The van der Waals surface area contributed by atoms with Crippen LogP contribution in [0, 0.1) is 11.8 Å². The van der Waals surface area contributed by atoms with Crippen LogP contribution in [0.2, 0.25) is 0 Å². The van der Waals surface area contributed by atoms with Gasteiger partial charge in [0.1, 0.15) is 0 Å². The molecule has 0 aromatic rings. The van der Waals surface area contributed by atoms with Crippen molar-refractivity contribution in [2.45, 2.75) is 20.8 Å². The molecular formula is C14H28N4O2. The van der Waals surface area contributed by atoms with E-state index in [0.717, 1.165) is 13.1 Å². The number of hydrogen-bond donors (Lipinski definition) is 2. The molecule has 0 aromatic carbocycles. The van der Waals surface area contributed by atoms with Gasteiger partial charge in [-0.1, -0.05) is 13.8 Å². The Morgan fingerprint density at radius 3 is 2.25 bits per heavy atom. The first-order valence-corrected chi connectivity index (χ1v) is 7.47. The summed E-state index contributed by atoms with van der Waals surface area (Å²) in [6.45, 7) is 10.3. The Labute approximate surface area is 121 Å². The van der Waals surface area contributed by atoms with Crippen molar-refractivity contribution in [3.63, 3.8) is 0 Å². The van der Waals surface area contributed by atoms with Gasteiger partial charge in [-0.25, -0.2) is 0 Å². The summed E-state index contributed by atoms with van der Waals surface area (Å²) in [5.41, 5.74) is 5.70. The van der Waals surface area contributed by atoms with Gasteiger partial charge >= 0.3 is 0 Å². The minimum Gasteiger partial charge on any atom is -0.355 e. The van der Waals surface area contributed by atoms with Crippen molar-refractivity contribution in [1.29, 1.82) is 0 Å². The quantitative estimate of drug-likeness (QED) is 0.689. The number of hydrogen-bond acceptors (Lipinski definition) is 4. The summed E-state index contributed by atoms with van der Waals surface area (Å²) in [5, 5.41) is 2.79. The maximum absolute atomic E-state index is 12.4. The first-order chi connectivity index (χ1) is 9.49. The van der Waals surface area contributed by atoms with Crippen LogP contribution in [0.4, 0.5) is 0 Å². The van der Waals surface area contributed by atoms with E-state index >= 15 is 0 Å². The van der Waals surface area contributed by atoms with Gasteiger partial charge in [0.05, 0.1) is 12.5 Å². The standard InChI is InChI=1S/C14H28N4O2/c1-4-16-13(19)10-17-5-7-18(8-6-17)14(20)12(9-15)11(2)3/h11-12H,4-10,15H2,1-3H3,(H,16,19). The smallest absolute Gasteiger partial charge is 0.234 e. The predicted octanol–water partition coefficient (Wildman–Crippen LogP) is -0.502. The number of piperazine rings is 1. The second-order valence-corrected chi connectivity index (χ2v) is 5.64. The van der Waals surface area contributed by atoms with Crippen LogP contribution in [0.1, 0.15) is 20.8 Å². The minimum atomic E-state index is -0.0926. The number of nitrogens with one attached hydrogen (secondary N) is 1. The van der Waals surface area contributed by atoms with Crippen LogP contribution in [-0.2, 0) is 9.59 Å². The third-order valence-corrected chi connectivity index (χ3v) is 3.80. The molecule has 0 bridgehead atoms. The molecule has 1 rings (SSSR count). The third kappa shape index (κ3) is 4.76. The summed E-state index contributed by atoms with van der Waals surface area (Å²) in [7, 11) is 0. The van der Waals surface area contributed by atoms with Crippen LogP contribution >= 0.6 is 0 Å². The van der Waals surface area contributed by atoms with E-state index in [0.29, 0.717) is 32.7 Å². The van der Waals surface area contributed by atoms with E-state index in [9.17, 15) is 9.59 Å². The summed E-state index contributed by atoms with van der Waals surface area (Å²) in [6, 6.07) is 0. The van der Waals surface area contributed by atoms with E-state index in [1.165, 1.54) is 0 Å². The Hall–Kier alpha value is -1.14. The van der Waals surface area contributed by atoms with Gasteiger partial charge in [0.2, 0.25) is 11.8 Å². The molecule has 1 aliphatic heterocycles. The average Bonchev–Trinajstić information content (AvgIpc) is 2.40. The molecular weight excluding hydrogens is 256 g/mol. The summed E-state index contributed by atoms with van der Waals surface area (Å²) in [4.78, 5) is 27.8. The molecule has 20 heavy (non-hydrogen) atoms. The Balaban J connectivity index is 2.41. The first kappa shape index (κ1) is 16.9. The molecule has 6 nitrogen and oxygen atoms in total. The molecule has 0 aliphatic carbocycles. The summed E-state index contributed by atoms with van der Waals surface area (Å²) >= 11 is 0. The number of likely N-dealkylation sites (N-methyl/N-ethyl adjacent to an activating group) is 1. The molecule has 1 fully saturated rings. The second kappa shape index (κ2) is 8.21. The number of nitrogens with zero attached hydrogens (tertiary/aromatic N) is 2. The third-order valence-electron chi connectivity index (χ3n) is 3.80. The largest absolute Gasteiger partial charge is 0.355 e. The summed E-state index contributed by atoms with van der Waals surface area (Å²) in [5.74, 6) is 0.375. The van der Waals surface area contributed by atoms with Crippen molar-refractivity contribution in [3.05, 3.63) is 0 Å². The fourth-order valence-corrected chi connectivity index (χ4v) is 2.48. The molecule has 6 heteroatoms. The van der Waals surface area contributed by atoms with E-state index in [1.54, 1.807) is 0 Å². The number of nitrogens with two attached hydrogens (primary N) is 1. The van der Waals surface area contributed by atoms with E-state index in [4.69, 9.17) is 5.73 Å². The lowest BCUT2D eigenvalue weighted by Crippen LogP contribution is -2.53. The predicted molar refractivity (Wildman–Crippen MR) is 79.1 cm³/mol. The normalized spacial score (nSPS) is 18.1. The molecule has 1 aliphatic rings. The monoisotopic (exact) mass is 284 g/mol. The van der Waals surface area contributed by atoms with Gasteiger partial charge in [-0.2, -0.15) is 0 Å². The Morgan fingerprint density at radius 2 is 1.80 bits per heavy atom. The minimum absolute atomic E-state index is 0.0503. The van der Waals surface area contributed by atoms with Crippen molar-refractivity contribution < 1.29 is 9.59 Å². The van der Waals surface area contributed by atoms with Crippen LogP contribution < -0.4 is 11.1 Å². The van der Waals surface area contributed by atoms with Crippen LogP contribution in [0.25, 0.3) is 0 Å². The van der Waals surface area contributed by atoms with Crippen LogP contribution in [0.5, 0.6) is 0 Å². The molecule has 0 radical (unpaired) electrons. The summed E-state index contributed by atoms with van der Waals surface area (Å²) < 4.78 is 0. The zero-order valence-electron chi connectivity index (χ0n) is 12.9. The maximum atomic E-state index is 12.4. The number of amides is 2. The van der Waals surface area contributed by atoms with Gasteiger partial charge in [0.25, 0.3) is 0 Å². The molecule has 0 aromatic heterocycles. The van der Waals surface area contributed by atoms with E-state index in [1.807, 2.05) is 25.7 Å². The Morgan fingerprint density at radius 1 is 1.20 bits per heavy atom. The van der Waals surface area contributed by atoms with Gasteiger partial charge in [0, 0.05) is 39.3 Å². The molecule has 0 saturated carbocycles. The SMILES string of the molecule is CCNC(=O)CN1CCN(C(=O)C(CN)C(C)C)CC1. The fourth-order valence-electron chi connectivity index (χ4n) is 2.48. The fraction of sp³-hybridized carbons (Fsp3) is 0.857. The topological polar surface area (TPSA) is 78.7 Å². The lowest BCUT2D eigenvalue weighted by atomic mass is 9.94. The molecule has 1 saturated heterocycles. The molecule has 1 unspecified atom stereocenters.